The second-order valence-corrected chi connectivity index (χ2v) is 8.70. The Morgan fingerprint density at radius 3 is 1.85 bits per heavy atom. The summed E-state index contributed by atoms with van der Waals surface area (Å²) in [7, 11) is 2.19. The van der Waals surface area contributed by atoms with Gasteiger partial charge in [-0.2, -0.15) is 0 Å². The van der Waals surface area contributed by atoms with Crippen molar-refractivity contribution in [2.24, 2.45) is 7.05 Å². The van der Waals surface area contributed by atoms with Gasteiger partial charge < -0.3 is 9.13 Å². The summed E-state index contributed by atoms with van der Waals surface area (Å²) in [6, 6.07) is 41.5. The zero-order valence-electron chi connectivity index (χ0n) is 18.4. The van der Waals surface area contributed by atoms with E-state index in [0.717, 1.165) is 0 Å². The van der Waals surface area contributed by atoms with Crippen LogP contribution in [0.15, 0.2) is 115 Å². The zero-order valence-corrected chi connectivity index (χ0v) is 18.4. The van der Waals surface area contributed by atoms with Crippen LogP contribution in [0.25, 0.3) is 60.4 Å². The fourth-order valence-electron chi connectivity index (χ4n) is 5.43. The molecule has 0 atom stereocenters. The summed E-state index contributed by atoms with van der Waals surface area (Å²) in [5, 5.41) is 5.16. The lowest BCUT2D eigenvalue weighted by atomic mass is 10.1. The largest absolute Gasteiger partial charge is 0.342 e. The highest BCUT2D eigenvalue weighted by atomic mass is 15.0. The van der Waals surface area contributed by atoms with Gasteiger partial charge in [-0.15, -0.1) is 0 Å². The van der Waals surface area contributed by atoms with Crippen LogP contribution < -0.4 is 0 Å². The van der Waals surface area contributed by atoms with E-state index in [4.69, 9.17) is 0 Å². The van der Waals surface area contributed by atoms with Crippen LogP contribution in [0.3, 0.4) is 0 Å². The van der Waals surface area contributed by atoms with E-state index in [-0.39, 0.29) is 0 Å². The van der Waals surface area contributed by atoms with Crippen molar-refractivity contribution in [3.8, 4) is 16.8 Å². The molecule has 0 aliphatic carbocycles. The first-order valence-corrected chi connectivity index (χ1v) is 11.4. The molecule has 0 N–H and O–H groups in total. The topological polar surface area (TPSA) is 9.86 Å². The van der Waals surface area contributed by atoms with Crippen LogP contribution in [-0.4, -0.2) is 9.13 Å². The monoisotopic (exact) mass is 422 g/mol. The minimum atomic E-state index is 1.18. The molecule has 0 radical (unpaired) electrons. The third-order valence-electron chi connectivity index (χ3n) is 6.91. The molecule has 2 aromatic heterocycles. The van der Waals surface area contributed by atoms with Gasteiger partial charge in [0.15, 0.2) is 0 Å². The highest BCUT2D eigenvalue weighted by Crippen LogP contribution is 2.40. The molecule has 156 valence electrons. The first-order chi connectivity index (χ1) is 16.3. The summed E-state index contributed by atoms with van der Waals surface area (Å²) in [5.74, 6) is 0. The molecule has 0 bridgehead atoms. The lowest BCUT2D eigenvalue weighted by molar-refractivity contribution is 1.01. The predicted molar refractivity (Wildman–Crippen MR) is 140 cm³/mol. The van der Waals surface area contributed by atoms with Gasteiger partial charge in [0.25, 0.3) is 0 Å². The third kappa shape index (κ3) is 2.55. The van der Waals surface area contributed by atoms with Gasteiger partial charge in [0.2, 0.25) is 0 Å². The summed E-state index contributed by atoms with van der Waals surface area (Å²) in [5.41, 5.74) is 8.66. The van der Waals surface area contributed by atoms with Crippen molar-refractivity contribution in [3.63, 3.8) is 0 Å². The highest BCUT2D eigenvalue weighted by Gasteiger charge is 2.19. The Morgan fingerprint density at radius 2 is 1.06 bits per heavy atom. The molecule has 0 aliphatic heterocycles. The minimum absolute atomic E-state index is 1.18. The Kier molecular flexibility index (Phi) is 3.80. The van der Waals surface area contributed by atoms with Crippen molar-refractivity contribution in [1.29, 1.82) is 0 Å². The maximum absolute atomic E-state index is 2.44. The number of aromatic nitrogens is 2. The number of para-hydroxylation sites is 2. The SMILES string of the molecule is Cn1c2ccccc2c2ccc3c4ccccc4n(-c4cccc(-c5ccccc5)c4)c3c21. The van der Waals surface area contributed by atoms with Crippen LogP contribution in [0.2, 0.25) is 0 Å². The number of benzene rings is 5. The smallest absolute Gasteiger partial charge is 0.0785 e. The average molecular weight is 423 g/mol. The highest BCUT2D eigenvalue weighted by molar-refractivity contribution is 6.23. The first-order valence-electron chi connectivity index (χ1n) is 11.4. The second kappa shape index (κ2) is 6.85. The Bertz CT molecular complexity index is 1820. The van der Waals surface area contributed by atoms with Gasteiger partial charge in [-0.05, 0) is 35.4 Å². The van der Waals surface area contributed by atoms with Crippen LogP contribution in [0.5, 0.6) is 0 Å². The van der Waals surface area contributed by atoms with Crippen molar-refractivity contribution >= 4 is 43.6 Å². The van der Waals surface area contributed by atoms with E-state index in [9.17, 15) is 0 Å². The predicted octanol–water partition coefficient (Wildman–Crippen LogP) is 8.10. The van der Waals surface area contributed by atoms with Gasteiger partial charge in [-0.1, -0.05) is 91.0 Å². The summed E-state index contributed by atoms with van der Waals surface area (Å²) in [4.78, 5) is 0. The summed E-state index contributed by atoms with van der Waals surface area (Å²) >= 11 is 0. The third-order valence-corrected chi connectivity index (χ3v) is 6.91. The summed E-state index contributed by atoms with van der Waals surface area (Å²) in [6.45, 7) is 0. The molecule has 33 heavy (non-hydrogen) atoms. The van der Waals surface area contributed by atoms with Gasteiger partial charge in [-0.3, -0.25) is 0 Å². The van der Waals surface area contributed by atoms with Gasteiger partial charge in [0.05, 0.1) is 16.6 Å². The van der Waals surface area contributed by atoms with E-state index in [1.165, 1.54) is 60.4 Å². The molecule has 0 amide bonds. The van der Waals surface area contributed by atoms with E-state index < -0.39 is 0 Å². The molecule has 0 fully saturated rings. The standard InChI is InChI=1S/C31H22N2/c1-32-28-16-7-5-14-24(28)26-18-19-27-25-15-6-8-17-29(25)33(31(27)30(26)32)23-13-9-12-22(20-23)21-10-3-2-4-11-21/h2-20H,1H3. The molecular formula is C31H22N2. The average Bonchev–Trinajstić information content (AvgIpc) is 3.37. The molecule has 0 unspecified atom stereocenters. The van der Waals surface area contributed by atoms with E-state index >= 15 is 0 Å². The van der Waals surface area contributed by atoms with E-state index in [1.807, 2.05) is 0 Å². The summed E-state index contributed by atoms with van der Waals surface area (Å²) in [6.07, 6.45) is 0. The number of aryl methyl sites for hydroxylation is 1. The minimum Gasteiger partial charge on any atom is -0.342 e. The Labute approximate surface area is 191 Å². The molecule has 0 spiro atoms. The van der Waals surface area contributed by atoms with Crippen LogP contribution in [-0.2, 0) is 7.05 Å². The van der Waals surface area contributed by atoms with Crippen LogP contribution in [0.1, 0.15) is 0 Å². The molecule has 0 saturated carbocycles. The van der Waals surface area contributed by atoms with Crippen molar-refractivity contribution in [1.82, 2.24) is 9.13 Å². The van der Waals surface area contributed by atoms with Crippen LogP contribution in [0.4, 0.5) is 0 Å². The van der Waals surface area contributed by atoms with Gasteiger partial charge in [0.1, 0.15) is 0 Å². The first kappa shape index (κ1) is 18.3. The Morgan fingerprint density at radius 1 is 0.455 bits per heavy atom. The van der Waals surface area contributed by atoms with E-state index in [2.05, 4.69) is 131 Å². The number of rotatable bonds is 2. The van der Waals surface area contributed by atoms with Crippen molar-refractivity contribution in [2.75, 3.05) is 0 Å². The lowest BCUT2D eigenvalue weighted by Crippen LogP contribution is -1.97. The van der Waals surface area contributed by atoms with E-state index in [1.54, 1.807) is 0 Å². The fourth-order valence-corrected chi connectivity index (χ4v) is 5.43. The number of hydrogen-bond acceptors (Lipinski definition) is 0. The normalized spacial score (nSPS) is 11.8. The quantitative estimate of drug-likeness (QED) is 0.266. The number of nitrogens with zero attached hydrogens (tertiary/aromatic N) is 2. The molecule has 0 saturated heterocycles. The molecule has 7 aromatic rings. The van der Waals surface area contributed by atoms with Crippen molar-refractivity contribution in [3.05, 3.63) is 115 Å². The maximum Gasteiger partial charge on any atom is 0.0785 e. The molecular weight excluding hydrogens is 400 g/mol. The molecule has 7 rings (SSSR count). The molecule has 5 aromatic carbocycles. The maximum atomic E-state index is 2.44. The lowest BCUT2D eigenvalue weighted by Gasteiger charge is -2.12. The number of hydrogen-bond donors (Lipinski definition) is 0. The Hall–Kier alpha value is -4.30. The van der Waals surface area contributed by atoms with Gasteiger partial charge >= 0.3 is 0 Å². The zero-order chi connectivity index (χ0) is 21.9. The molecule has 2 heterocycles. The molecule has 0 aliphatic rings. The number of fused-ring (bicyclic) bond motifs is 7. The van der Waals surface area contributed by atoms with Gasteiger partial charge in [0, 0.05) is 39.8 Å². The second-order valence-electron chi connectivity index (χ2n) is 8.70. The Balaban J connectivity index is 1.66. The summed E-state index contributed by atoms with van der Waals surface area (Å²) < 4.78 is 4.79. The fraction of sp³-hybridized carbons (Fsp3) is 0.0323. The van der Waals surface area contributed by atoms with E-state index in [0.29, 0.717) is 0 Å². The van der Waals surface area contributed by atoms with Crippen LogP contribution >= 0.6 is 0 Å². The van der Waals surface area contributed by atoms with Crippen LogP contribution in [0, 0.1) is 0 Å². The molecule has 2 heteroatoms. The van der Waals surface area contributed by atoms with Crippen molar-refractivity contribution in [2.45, 2.75) is 0 Å². The van der Waals surface area contributed by atoms with Crippen molar-refractivity contribution < 1.29 is 0 Å². The van der Waals surface area contributed by atoms with Gasteiger partial charge in [-0.25, -0.2) is 0 Å². The molecule has 2 nitrogen and oxygen atoms in total.